The van der Waals surface area contributed by atoms with Gasteiger partial charge in [0.05, 0.1) is 25.9 Å². The molecule has 9 heteroatoms. The predicted octanol–water partition coefficient (Wildman–Crippen LogP) is 5.72. The lowest BCUT2D eigenvalue weighted by Gasteiger charge is -2.36. The maximum Gasteiger partial charge on any atom is 0.303 e. The molecule has 3 atom stereocenters. The van der Waals surface area contributed by atoms with E-state index < -0.39 is 12.3 Å². The van der Waals surface area contributed by atoms with Crippen molar-refractivity contribution in [3.63, 3.8) is 0 Å². The van der Waals surface area contributed by atoms with Crippen LogP contribution in [0.25, 0.3) is 0 Å². The highest BCUT2D eigenvalue weighted by Gasteiger charge is 2.32. The van der Waals surface area contributed by atoms with E-state index in [-0.39, 0.29) is 44.0 Å². The minimum atomic E-state index is -0.915. The Morgan fingerprint density at radius 1 is 0.974 bits per heavy atom. The average molecular weight is 552 g/mol. The first-order valence-electron chi connectivity index (χ1n) is 12.8. The zero-order valence-corrected chi connectivity index (χ0v) is 22.6. The molecule has 1 saturated heterocycles. The van der Waals surface area contributed by atoms with Gasteiger partial charge < -0.3 is 29.7 Å². The highest BCUT2D eigenvalue weighted by molar-refractivity contribution is 7.99. The highest BCUT2D eigenvalue weighted by Crippen LogP contribution is 2.40. The van der Waals surface area contributed by atoms with Crippen molar-refractivity contribution >= 4 is 29.3 Å². The van der Waals surface area contributed by atoms with Gasteiger partial charge in [-0.1, -0.05) is 48.5 Å². The summed E-state index contributed by atoms with van der Waals surface area (Å²) in [6, 6.07) is 22.9. The number of carboxylic acid groups (broad SMARTS) is 1. The van der Waals surface area contributed by atoms with Crippen LogP contribution in [0, 0.1) is 0 Å². The molecule has 3 N–H and O–H groups in total. The Balaban J connectivity index is 1.46. The molecule has 1 heterocycles. The number of para-hydroxylation sites is 1. The number of carbonyl (C=O) groups excluding carboxylic acids is 1. The van der Waals surface area contributed by atoms with E-state index in [0.717, 1.165) is 27.3 Å². The normalized spacial score (nSPS) is 18.9. The Morgan fingerprint density at radius 3 is 2.38 bits per heavy atom. The minimum absolute atomic E-state index is 0.0157. The van der Waals surface area contributed by atoms with Crippen molar-refractivity contribution in [3.8, 4) is 5.75 Å². The molecule has 0 bridgehead atoms. The standard InChI is InChI=1S/C30H33NO7S/c1-36-25-5-2-3-6-27(25)39-19-24-17-26(21-11-9-20(18-32)10-12-21)38-30(37-24)22-13-15-23(16-14-22)31-28(33)7-4-8-29(34)35/h2-3,5-6,9-16,24,26,30,32H,4,7-8,17-19H2,1H3,(H,31,33)(H,34,35). The van der Waals surface area contributed by atoms with E-state index in [2.05, 4.69) is 5.32 Å². The van der Waals surface area contributed by atoms with Crippen molar-refractivity contribution < 1.29 is 34.0 Å². The Labute approximate surface area is 232 Å². The number of aliphatic carboxylic acids is 1. The third-order valence-corrected chi connectivity index (χ3v) is 7.56. The minimum Gasteiger partial charge on any atom is -0.496 e. The number of hydrogen-bond donors (Lipinski definition) is 3. The zero-order valence-electron chi connectivity index (χ0n) is 21.7. The van der Waals surface area contributed by atoms with Gasteiger partial charge in [-0.2, -0.15) is 0 Å². The average Bonchev–Trinajstić information content (AvgIpc) is 2.96. The molecule has 3 aromatic carbocycles. The Bertz CT molecular complexity index is 1230. The van der Waals surface area contributed by atoms with Gasteiger partial charge in [-0.15, -0.1) is 11.8 Å². The number of carbonyl (C=O) groups is 2. The van der Waals surface area contributed by atoms with E-state index in [1.165, 1.54) is 0 Å². The molecular formula is C30H33NO7S. The summed E-state index contributed by atoms with van der Waals surface area (Å²) in [7, 11) is 1.66. The van der Waals surface area contributed by atoms with Crippen molar-refractivity contribution in [1.82, 2.24) is 0 Å². The number of anilines is 1. The summed E-state index contributed by atoms with van der Waals surface area (Å²) in [6.07, 6.45) is 0.154. The fraction of sp³-hybridized carbons (Fsp3) is 0.333. The summed E-state index contributed by atoms with van der Waals surface area (Å²) in [5.41, 5.74) is 3.29. The van der Waals surface area contributed by atoms with Crippen LogP contribution in [-0.4, -0.2) is 41.1 Å². The number of hydrogen-bond acceptors (Lipinski definition) is 7. The van der Waals surface area contributed by atoms with E-state index >= 15 is 0 Å². The fourth-order valence-corrected chi connectivity index (χ4v) is 5.34. The lowest BCUT2D eigenvalue weighted by Crippen LogP contribution is -2.31. The van der Waals surface area contributed by atoms with Gasteiger partial charge in [0.25, 0.3) is 0 Å². The van der Waals surface area contributed by atoms with Gasteiger partial charge in [0, 0.05) is 41.2 Å². The van der Waals surface area contributed by atoms with Crippen LogP contribution < -0.4 is 10.1 Å². The second kappa shape index (κ2) is 14.1. The van der Waals surface area contributed by atoms with Gasteiger partial charge >= 0.3 is 5.97 Å². The predicted molar refractivity (Wildman–Crippen MR) is 149 cm³/mol. The number of rotatable bonds is 12. The molecule has 0 spiro atoms. The third-order valence-electron chi connectivity index (χ3n) is 6.37. The van der Waals surface area contributed by atoms with E-state index in [0.29, 0.717) is 17.9 Å². The molecule has 8 nitrogen and oxygen atoms in total. The molecule has 3 aromatic rings. The number of thioether (sulfide) groups is 1. The largest absolute Gasteiger partial charge is 0.496 e. The third kappa shape index (κ3) is 8.31. The first kappa shape index (κ1) is 28.6. The van der Waals surface area contributed by atoms with Gasteiger partial charge in [0.1, 0.15) is 5.75 Å². The van der Waals surface area contributed by atoms with Crippen molar-refractivity contribution in [1.29, 1.82) is 0 Å². The second-order valence-corrected chi connectivity index (χ2v) is 10.3. The summed E-state index contributed by atoms with van der Waals surface area (Å²) >= 11 is 1.67. The lowest BCUT2D eigenvalue weighted by atomic mass is 10.0. The topological polar surface area (TPSA) is 114 Å². The van der Waals surface area contributed by atoms with Crippen LogP contribution in [0.5, 0.6) is 5.75 Å². The molecule has 0 aliphatic carbocycles. The van der Waals surface area contributed by atoms with Crippen LogP contribution in [0.4, 0.5) is 5.69 Å². The molecule has 1 amide bonds. The molecule has 206 valence electrons. The van der Waals surface area contributed by atoms with E-state index in [9.17, 15) is 14.7 Å². The van der Waals surface area contributed by atoms with Crippen molar-refractivity contribution in [2.45, 2.75) is 55.7 Å². The van der Waals surface area contributed by atoms with Crippen LogP contribution in [0.2, 0.25) is 0 Å². The summed E-state index contributed by atoms with van der Waals surface area (Å²) in [5, 5.41) is 21.0. The molecule has 1 fully saturated rings. The second-order valence-electron chi connectivity index (χ2n) is 9.23. The quantitative estimate of drug-likeness (QED) is 0.245. The molecule has 39 heavy (non-hydrogen) atoms. The molecular weight excluding hydrogens is 518 g/mol. The maximum absolute atomic E-state index is 12.1. The molecule has 0 saturated carbocycles. The van der Waals surface area contributed by atoms with Gasteiger partial charge in [-0.3, -0.25) is 9.59 Å². The number of methoxy groups -OCH3 is 1. The fourth-order valence-electron chi connectivity index (χ4n) is 4.29. The Morgan fingerprint density at radius 2 is 1.69 bits per heavy atom. The molecule has 4 rings (SSSR count). The summed E-state index contributed by atoms with van der Waals surface area (Å²) in [6.45, 7) is -0.0157. The highest BCUT2D eigenvalue weighted by atomic mass is 32.2. The molecule has 3 unspecified atom stereocenters. The van der Waals surface area contributed by atoms with Crippen molar-refractivity contribution in [2.75, 3.05) is 18.2 Å². The van der Waals surface area contributed by atoms with E-state index in [1.54, 1.807) is 31.0 Å². The number of aliphatic hydroxyl groups is 1. The smallest absolute Gasteiger partial charge is 0.303 e. The molecule has 1 aliphatic rings. The zero-order chi connectivity index (χ0) is 27.6. The first-order valence-corrected chi connectivity index (χ1v) is 13.8. The van der Waals surface area contributed by atoms with Crippen LogP contribution in [0.1, 0.15) is 54.8 Å². The molecule has 0 radical (unpaired) electrons. The number of ether oxygens (including phenoxy) is 3. The van der Waals surface area contributed by atoms with Crippen LogP contribution in [-0.2, 0) is 25.7 Å². The number of aliphatic hydroxyl groups excluding tert-OH is 1. The van der Waals surface area contributed by atoms with Crippen molar-refractivity contribution in [2.24, 2.45) is 0 Å². The Kier molecular flexibility index (Phi) is 10.4. The number of benzene rings is 3. The van der Waals surface area contributed by atoms with Crippen LogP contribution in [0.3, 0.4) is 0 Å². The molecule has 0 aromatic heterocycles. The van der Waals surface area contributed by atoms with Crippen LogP contribution >= 0.6 is 11.8 Å². The summed E-state index contributed by atoms with van der Waals surface area (Å²) in [5.74, 6) is 0.384. The van der Waals surface area contributed by atoms with Crippen LogP contribution in [0.15, 0.2) is 77.7 Å². The Hall–Kier alpha value is -3.37. The number of carboxylic acids is 1. The summed E-state index contributed by atoms with van der Waals surface area (Å²) in [4.78, 5) is 23.8. The SMILES string of the molecule is COc1ccccc1SCC1CC(c2ccc(CO)cc2)OC(c2ccc(NC(=O)CCCC(=O)O)cc2)O1. The van der Waals surface area contributed by atoms with Gasteiger partial charge in [0.15, 0.2) is 6.29 Å². The number of amides is 1. The lowest BCUT2D eigenvalue weighted by molar-refractivity contribution is -0.245. The van der Waals surface area contributed by atoms with Gasteiger partial charge in [-0.25, -0.2) is 0 Å². The van der Waals surface area contributed by atoms with E-state index in [4.69, 9.17) is 19.3 Å². The molecule has 1 aliphatic heterocycles. The maximum atomic E-state index is 12.1. The number of nitrogens with one attached hydrogen (secondary N) is 1. The van der Waals surface area contributed by atoms with E-state index in [1.807, 2.05) is 60.7 Å². The monoisotopic (exact) mass is 551 g/mol. The van der Waals surface area contributed by atoms with Gasteiger partial charge in [-0.05, 0) is 41.8 Å². The first-order chi connectivity index (χ1) is 18.9. The van der Waals surface area contributed by atoms with Gasteiger partial charge in [0.2, 0.25) is 5.91 Å². The summed E-state index contributed by atoms with van der Waals surface area (Å²) < 4.78 is 18.3. The van der Waals surface area contributed by atoms with Crippen molar-refractivity contribution in [3.05, 3.63) is 89.5 Å².